The number of nitrogens with zero attached hydrogens (tertiary/aromatic N) is 3. The summed E-state index contributed by atoms with van der Waals surface area (Å²) in [5, 5.41) is 27.0. The molecular formula is C14H11N3O8S3. The maximum Gasteiger partial charge on any atom is 0.298 e. The average Bonchev–Trinajstić information content (AvgIpc) is 2.95. The van der Waals surface area contributed by atoms with Crippen LogP contribution in [-0.4, -0.2) is 41.1 Å². The van der Waals surface area contributed by atoms with Crippen molar-refractivity contribution < 1.29 is 36.2 Å². The van der Waals surface area contributed by atoms with E-state index in [0.29, 0.717) is 5.52 Å². The Morgan fingerprint density at radius 1 is 0.929 bits per heavy atom. The predicted octanol–water partition coefficient (Wildman–Crippen LogP) is 2.92. The van der Waals surface area contributed by atoms with Crippen molar-refractivity contribution in [3.8, 4) is 11.5 Å². The molecule has 28 heavy (non-hydrogen) atoms. The van der Waals surface area contributed by atoms with Gasteiger partial charge < -0.3 is 10.2 Å². The lowest BCUT2D eigenvalue weighted by Crippen LogP contribution is -2.04. The normalized spacial score (nSPS) is 12.8. The maximum absolute atomic E-state index is 11.6. The molecule has 0 aliphatic rings. The second kappa shape index (κ2) is 6.75. The van der Waals surface area contributed by atoms with Gasteiger partial charge in [-0.15, -0.1) is 10.2 Å². The number of phenolic OH excluding ortho intramolecular Hbond substituents is 2. The second-order valence-electron chi connectivity index (χ2n) is 5.54. The van der Waals surface area contributed by atoms with Crippen molar-refractivity contribution in [1.29, 1.82) is 0 Å². The van der Waals surface area contributed by atoms with Crippen LogP contribution in [0, 0.1) is 6.92 Å². The van der Waals surface area contributed by atoms with Gasteiger partial charge in [0.15, 0.2) is 17.2 Å². The molecule has 3 rings (SSSR count). The Morgan fingerprint density at radius 3 is 2.18 bits per heavy atom. The van der Waals surface area contributed by atoms with Crippen LogP contribution in [0.2, 0.25) is 0 Å². The van der Waals surface area contributed by atoms with Crippen LogP contribution in [0.15, 0.2) is 44.3 Å². The van der Waals surface area contributed by atoms with Crippen LogP contribution in [0.1, 0.15) is 5.56 Å². The van der Waals surface area contributed by atoms with Gasteiger partial charge in [-0.2, -0.15) is 16.8 Å². The molecule has 0 atom stereocenters. The number of hydrogen-bond donors (Lipinski definition) is 4. The molecule has 0 saturated heterocycles. The van der Waals surface area contributed by atoms with E-state index in [4.69, 9.17) is 4.55 Å². The number of phenols is 2. The van der Waals surface area contributed by atoms with Gasteiger partial charge in [0, 0.05) is 0 Å². The number of rotatable bonds is 4. The smallest absolute Gasteiger partial charge is 0.298 e. The third-order valence-corrected chi connectivity index (χ3v) is 6.14. The van der Waals surface area contributed by atoms with Crippen molar-refractivity contribution in [2.24, 2.45) is 10.2 Å². The molecule has 148 valence electrons. The van der Waals surface area contributed by atoms with Crippen molar-refractivity contribution in [2.75, 3.05) is 0 Å². The van der Waals surface area contributed by atoms with E-state index in [9.17, 15) is 31.6 Å². The van der Waals surface area contributed by atoms with E-state index < -0.39 is 47.2 Å². The van der Waals surface area contributed by atoms with Gasteiger partial charge in [0.2, 0.25) is 5.13 Å². The summed E-state index contributed by atoms with van der Waals surface area (Å²) in [6.07, 6.45) is 0. The molecule has 0 saturated carbocycles. The minimum Gasteiger partial charge on any atom is -0.503 e. The quantitative estimate of drug-likeness (QED) is 0.266. The summed E-state index contributed by atoms with van der Waals surface area (Å²) in [5.74, 6) is -2.67. The van der Waals surface area contributed by atoms with Crippen molar-refractivity contribution >= 4 is 52.6 Å². The van der Waals surface area contributed by atoms with Crippen LogP contribution in [0.25, 0.3) is 10.2 Å². The Labute approximate surface area is 162 Å². The number of aromatic nitrogens is 1. The zero-order chi connectivity index (χ0) is 20.9. The minimum atomic E-state index is -5.11. The number of fused-ring (bicyclic) bond motifs is 1. The summed E-state index contributed by atoms with van der Waals surface area (Å²) < 4.78 is 64.7. The third kappa shape index (κ3) is 3.81. The van der Waals surface area contributed by atoms with Gasteiger partial charge >= 0.3 is 0 Å². The lowest BCUT2D eigenvalue weighted by atomic mass is 10.2. The van der Waals surface area contributed by atoms with Crippen LogP contribution in [0.4, 0.5) is 10.8 Å². The molecule has 14 heteroatoms. The summed E-state index contributed by atoms with van der Waals surface area (Å²) >= 11 is 1.10. The number of hydrogen-bond acceptors (Lipinski definition) is 10. The second-order valence-corrected chi connectivity index (χ2v) is 9.33. The monoisotopic (exact) mass is 445 g/mol. The SMILES string of the molecule is Cc1ccc2nc(N=Nc3c(S(=O)(=O)O)cc(S(=O)(=O)O)c(O)c3O)sc2c1. The highest BCUT2D eigenvalue weighted by atomic mass is 32.2. The van der Waals surface area contributed by atoms with Gasteiger partial charge in [0.05, 0.1) is 10.2 Å². The lowest BCUT2D eigenvalue weighted by Gasteiger charge is -2.09. The molecule has 2 aromatic carbocycles. The van der Waals surface area contributed by atoms with Crippen LogP contribution in [0.5, 0.6) is 11.5 Å². The highest BCUT2D eigenvalue weighted by molar-refractivity contribution is 7.86. The first kappa shape index (κ1) is 20.1. The van der Waals surface area contributed by atoms with E-state index >= 15 is 0 Å². The first-order chi connectivity index (χ1) is 12.9. The van der Waals surface area contributed by atoms with Crippen molar-refractivity contribution in [1.82, 2.24) is 4.98 Å². The average molecular weight is 445 g/mol. The summed E-state index contributed by atoms with van der Waals surface area (Å²) in [7, 11) is -10.2. The van der Waals surface area contributed by atoms with Crippen molar-refractivity contribution in [3.63, 3.8) is 0 Å². The third-order valence-electron chi connectivity index (χ3n) is 3.50. The summed E-state index contributed by atoms with van der Waals surface area (Å²) in [6.45, 7) is 1.87. The van der Waals surface area contributed by atoms with E-state index in [1.807, 2.05) is 19.1 Å². The zero-order valence-corrected chi connectivity index (χ0v) is 16.2. The van der Waals surface area contributed by atoms with Crippen LogP contribution in [0.3, 0.4) is 0 Å². The van der Waals surface area contributed by atoms with Gasteiger partial charge in [-0.1, -0.05) is 17.4 Å². The molecular weight excluding hydrogens is 434 g/mol. The Bertz CT molecular complexity index is 1340. The lowest BCUT2D eigenvalue weighted by molar-refractivity contribution is 0.387. The number of aromatic hydroxyl groups is 2. The Balaban J connectivity index is 2.19. The van der Waals surface area contributed by atoms with Crippen LogP contribution in [-0.2, 0) is 20.2 Å². The Kier molecular flexibility index (Phi) is 4.84. The summed E-state index contributed by atoms with van der Waals surface area (Å²) in [4.78, 5) is 1.62. The number of benzene rings is 2. The summed E-state index contributed by atoms with van der Waals surface area (Å²) in [6, 6.07) is 5.63. The first-order valence-corrected chi connectivity index (χ1v) is 10.9. The molecule has 0 spiro atoms. The number of thiazole rings is 1. The molecule has 0 fully saturated rings. The highest BCUT2D eigenvalue weighted by Crippen LogP contribution is 2.45. The summed E-state index contributed by atoms with van der Waals surface area (Å²) in [5.41, 5.74) is 0.632. The van der Waals surface area contributed by atoms with Crippen LogP contribution >= 0.6 is 11.3 Å². The van der Waals surface area contributed by atoms with Gasteiger partial charge in [-0.25, -0.2) is 4.98 Å². The van der Waals surface area contributed by atoms with Crippen molar-refractivity contribution in [2.45, 2.75) is 16.7 Å². The minimum absolute atomic E-state index is 0.0691. The molecule has 0 aliphatic carbocycles. The topological polar surface area (TPSA) is 187 Å². The Hall–Kier alpha value is -2.65. The molecule has 1 aromatic heterocycles. The molecule has 0 radical (unpaired) electrons. The molecule has 1 heterocycles. The van der Waals surface area contributed by atoms with Gasteiger partial charge in [-0.3, -0.25) is 9.11 Å². The number of azo groups is 1. The molecule has 0 amide bonds. The highest BCUT2D eigenvalue weighted by Gasteiger charge is 2.29. The molecule has 0 unspecified atom stereocenters. The fraction of sp³-hybridized carbons (Fsp3) is 0.0714. The molecule has 0 aliphatic heterocycles. The maximum atomic E-state index is 11.6. The number of aryl methyl sites for hydroxylation is 1. The van der Waals surface area contributed by atoms with Crippen LogP contribution < -0.4 is 0 Å². The molecule has 0 bridgehead atoms. The van der Waals surface area contributed by atoms with Crippen molar-refractivity contribution in [3.05, 3.63) is 29.8 Å². The molecule has 4 N–H and O–H groups in total. The fourth-order valence-corrected chi connectivity index (χ4v) is 4.46. The van der Waals surface area contributed by atoms with Gasteiger partial charge in [-0.05, 0) is 30.7 Å². The zero-order valence-electron chi connectivity index (χ0n) is 13.8. The predicted molar refractivity (Wildman–Crippen MR) is 97.9 cm³/mol. The van der Waals surface area contributed by atoms with E-state index in [1.165, 1.54) is 0 Å². The largest absolute Gasteiger partial charge is 0.503 e. The van der Waals surface area contributed by atoms with Gasteiger partial charge in [0.25, 0.3) is 20.2 Å². The Morgan fingerprint density at radius 2 is 1.57 bits per heavy atom. The van der Waals surface area contributed by atoms with E-state index in [1.54, 1.807) is 6.07 Å². The van der Waals surface area contributed by atoms with Gasteiger partial charge in [0.1, 0.15) is 9.79 Å². The molecule has 3 aromatic rings. The first-order valence-electron chi connectivity index (χ1n) is 7.21. The van der Waals surface area contributed by atoms with E-state index in [0.717, 1.165) is 21.6 Å². The standard InChI is InChI=1S/C14H11N3O8S3/c1-6-2-3-7-8(4-6)26-14(15-7)17-16-11-9(27(20,21)22)5-10(28(23,24)25)12(18)13(11)19/h2-5,18-19H,1H3,(H,20,21,22)(H,23,24,25). The fourth-order valence-electron chi connectivity index (χ4n) is 2.25. The van der Waals surface area contributed by atoms with E-state index in [2.05, 4.69) is 15.2 Å². The molecule has 11 nitrogen and oxygen atoms in total. The van der Waals surface area contributed by atoms with E-state index in [-0.39, 0.29) is 11.2 Å².